The van der Waals surface area contributed by atoms with Crippen LogP contribution in [0.4, 0.5) is 0 Å². The number of benzene rings is 1. The largest absolute Gasteiger partial charge is 0.490 e. The summed E-state index contributed by atoms with van der Waals surface area (Å²) in [5, 5.41) is 3.31. The Hall–Kier alpha value is -1.63. The van der Waals surface area contributed by atoms with Crippen molar-refractivity contribution in [2.45, 2.75) is 18.4 Å². The Bertz CT molecular complexity index is 548. The summed E-state index contributed by atoms with van der Waals surface area (Å²) in [6.45, 7) is 4.24. The number of ether oxygens (including phenoxy) is 3. The Kier molecular flexibility index (Phi) is 6.29. The van der Waals surface area contributed by atoms with Crippen LogP contribution in [0, 0.1) is 5.92 Å². The molecule has 1 atom stereocenters. The molecule has 0 aliphatic carbocycles. The molecule has 1 aromatic rings. The standard InChI is InChI=1S/C19H28N2O4/c1-23-19(15-25-17-5-3-2-4-6-17)13-21(11-12-24-14-19)18(22)16-7-9-20-10-8-16/h2-6,16,20H,7-15H2,1H3. The lowest BCUT2D eigenvalue weighted by molar-refractivity contribution is -0.141. The SMILES string of the molecule is COC1(COc2ccccc2)COCCN(C(=O)C2CCNCC2)C1. The van der Waals surface area contributed by atoms with Crippen molar-refractivity contribution in [1.82, 2.24) is 10.2 Å². The molecule has 2 heterocycles. The quantitative estimate of drug-likeness (QED) is 0.869. The van der Waals surface area contributed by atoms with Gasteiger partial charge in [0, 0.05) is 19.6 Å². The minimum atomic E-state index is -0.644. The molecule has 2 saturated heterocycles. The van der Waals surface area contributed by atoms with Crippen molar-refractivity contribution in [3.63, 3.8) is 0 Å². The fourth-order valence-corrected chi connectivity index (χ4v) is 3.42. The minimum Gasteiger partial charge on any atom is -0.490 e. The van der Waals surface area contributed by atoms with Gasteiger partial charge in [0.15, 0.2) is 0 Å². The molecule has 2 aliphatic rings. The molecule has 1 amide bonds. The normalized spacial score (nSPS) is 25.4. The molecule has 0 radical (unpaired) electrons. The fourth-order valence-electron chi connectivity index (χ4n) is 3.42. The van der Waals surface area contributed by atoms with Crippen molar-refractivity contribution in [1.29, 1.82) is 0 Å². The first-order chi connectivity index (χ1) is 12.2. The van der Waals surface area contributed by atoms with E-state index in [1.807, 2.05) is 35.2 Å². The molecule has 3 rings (SSSR count). The molecule has 0 saturated carbocycles. The predicted octanol–water partition coefficient (Wildman–Crippen LogP) is 1.31. The summed E-state index contributed by atoms with van der Waals surface area (Å²) in [7, 11) is 1.66. The van der Waals surface area contributed by atoms with E-state index in [2.05, 4.69) is 5.32 Å². The molecular weight excluding hydrogens is 320 g/mol. The van der Waals surface area contributed by atoms with Gasteiger partial charge in [-0.05, 0) is 38.1 Å². The van der Waals surface area contributed by atoms with E-state index in [1.165, 1.54) is 0 Å². The van der Waals surface area contributed by atoms with E-state index in [0.717, 1.165) is 31.7 Å². The molecule has 0 bridgehead atoms. The third-order valence-electron chi connectivity index (χ3n) is 5.03. The Balaban J connectivity index is 1.66. The highest BCUT2D eigenvalue weighted by molar-refractivity contribution is 5.79. The van der Waals surface area contributed by atoms with E-state index in [9.17, 15) is 4.79 Å². The molecule has 6 nitrogen and oxygen atoms in total. The van der Waals surface area contributed by atoms with Crippen LogP contribution in [0.3, 0.4) is 0 Å². The highest BCUT2D eigenvalue weighted by Gasteiger charge is 2.39. The summed E-state index contributed by atoms with van der Waals surface area (Å²) in [5.74, 6) is 1.11. The minimum absolute atomic E-state index is 0.101. The predicted molar refractivity (Wildman–Crippen MR) is 94.7 cm³/mol. The van der Waals surface area contributed by atoms with E-state index in [0.29, 0.717) is 32.9 Å². The molecule has 2 fully saturated rings. The van der Waals surface area contributed by atoms with Crippen molar-refractivity contribution >= 4 is 5.91 Å². The molecule has 2 aliphatic heterocycles. The van der Waals surface area contributed by atoms with Gasteiger partial charge < -0.3 is 24.4 Å². The van der Waals surface area contributed by atoms with Crippen LogP contribution in [0.15, 0.2) is 30.3 Å². The Morgan fingerprint density at radius 1 is 1.32 bits per heavy atom. The van der Waals surface area contributed by atoms with Gasteiger partial charge in [-0.25, -0.2) is 0 Å². The smallest absolute Gasteiger partial charge is 0.225 e. The van der Waals surface area contributed by atoms with Crippen LogP contribution in [-0.2, 0) is 14.3 Å². The third-order valence-corrected chi connectivity index (χ3v) is 5.03. The summed E-state index contributed by atoms with van der Waals surface area (Å²) in [6, 6.07) is 9.65. The van der Waals surface area contributed by atoms with Crippen LogP contribution in [0.1, 0.15) is 12.8 Å². The van der Waals surface area contributed by atoms with Gasteiger partial charge in [0.05, 0.1) is 19.8 Å². The van der Waals surface area contributed by atoms with Crippen LogP contribution in [0.25, 0.3) is 0 Å². The first-order valence-corrected chi connectivity index (χ1v) is 9.03. The summed E-state index contributed by atoms with van der Waals surface area (Å²) >= 11 is 0. The third kappa shape index (κ3) is 4.71. The van der Waals surface area contributed by atoms with Crippen LogP contribution in [0.2, 0.25) is 0 Å². The lowest BCUT2D eigenvalue weighted by atomic mass is 9.95. The molecule has 1 unspecified atom stereocenters. The molecule has 1 N–H and O–H groups in total. The Morgan fingerprint density at radius 3 is 2.80 bits per heavy atom. The van der Waals surface area contributed by atoms with E-state index in [-0.39, 0.29) is 11.8 Å². The van der Waals surface area contributed by atoms with Gasteiger partial charge in [-0.3, -0.25) is 4.79 Å². The maximum atomic E-state index is 12.9. The van der Waals surface area contributed by atoms with Crippen LogP contribution in [0.5, 0.6) is 5.75 Å². The highest BCUT2D eigenvalue weighted by atomic mass is 16.6. The lowest BCUT2D eigenvalue weighted by Crippen LogP contribution is -2.53. The topological polar surface area (TPSA) is 60.0 Å². The number of hydrogen-bond acceptors (Lipinski definition) is 5. The number of carbonyl (C=O) groups is 1. The number of nitrogens with one attached hydrogen (secondary N) is 1. The number of nitrogens with zero attached hydrogens (tertiary/aromatic N) is 1. The van der Waals surface area contributed by atoms with E-state index < -0.39 is 5.60 Å². The van der Waals surface area contributed by atoms with Crippen molar-refractivity contribution in [3.8, 4) is 5.75 Å². The van der Waals surface area contributed by atoms with Crippen molar-refractivity contribution in [2.75, 3.05) is 53.1 Å². The van der Waals surface area contributed by atoms with Gasteiger partial charge in [0.25, 0.3) is 0 Å². The van der Waals surface area contributed by atoms with Gasteiger partial charge in [0.1, 0.15) is 18.0 Å². The van der Waals surface area contributed by atoms with E-state index >= 15 is 0 Å². The second-order valence-corrected chi connectivity index (χ2v) is 6.83. The second-order valence-electron chi connectivity index (χ2n) is 6.83. The van der Waals surface area contributed by atoms with Gasteiger partial charge in [0.2, 0.25) is 5.91 Å². The first kappa shape index (κ1) is 18.2. The lowest BCUT2D eigenvalue weighted by Gasteiger charge is -2.36. The number of methoxy groups -OCH3 is 1. The number of piperidine rings is 1. The second kappa shape index (κ2) is 8.65. The average Bonchev–Trinajstić information content (AvgIpc) is 2.91. The van der Waals surface area contributed by atoms with Crippen molar-refractivity contribution in [2.24, 2.45) is 5.92 Å². The van der Waals surface area contributed by atoms with E-state index in [4.69, 9.17) is 14.2 Å². The number of para-hydroxylation sites is 1. The van der Waals surface area contributed by atoms with Gasteiger partial charge in [-0.1, -0.05) is 18.2 Å². The summed E-state index contributed by atoms with van der Waals surface area (Å²) in [4.78, 5) is 14.8. The molecule has 6 heteroatoms. The van der Waals surface area contributed by atoms with Gasteiger partial charge in [-0.15, -0.1) is 0 Å². The average molecular weight is 348 g/mol. The van der Waals surface area contributed by atoms with Crippen molar-refractivity contribution < 1.29 is 19.0 Å². The number of amides is 1. The van der Waals surface area contributed by atoms with Crippen LogP contribution < -0.4 is 10.1 Å². The zero-order valence-corrected chi connectivity index (χ0v) is 14.9. The van der Waals surface area contributed by atoms with Crippen molar-refractivity contribution in [3.05, 3.63) is 30.3 Å². The number of rotatable bonds is 5. The molecule has 1 aromatic carbocycles. The molecule has 0 spiro atoms. The monoisotopic (exact) mass is 348 g/mol. The Morgan fingerprint density at radius 2 is 2.08 bits per heavy atom. The maximum Gasteiger partial charge on any atom is 0.225 e. The first-order valence-electron chi connectivity index (χ1n) is 9.03. The molecular formula is C19H28N2O4. The number of hydrogen-bond donors (Lipinski definition) is 1. The van der Waals surface area contributed by atoms with Gasteiger partial charge >= 0.3 is 0 Å². The zero-order valence-electron chi connectivity index (χ0n) is 14.9. The number of carbonyl (C=O) groups excluding carboxylic acids is 1. The fraction of sp³-hybridized carbons (Fsp3) is 0.632. The molecule has 25 heavy (non-hydrogen) atoms. The molecule has 138 valence electrons. The summed E-state index contributed by atoms with van der Waals surface area (Å²) < 4.78 is 17.5. The molecule has 0 aromatic heterocycles. The van der Waals surface area contributed by atoms with E-state index in [1.54, 1.807) is 7.11 Å². The highest BCUT2D eigenvalue weighted by Crippen LogP contribution is 2.23. The maximum absolute atomic E-state index is 12.9. The zero-order chi connectivity index (χ0) is 17.5. The Labute approximate surface area is 149 Å². The summed E-state index contributed by atoms with van der Waals surface area (Å²) in [5.41, 5.74) is -0.644. The van der Waals surface area contributed by atoms with Gasteiger partial charge in [-0.2, -0.15) is 0 Å². The van der Waals surface area contributed by atoms with Crippen LogP contribution in [-0.4, -0.2) is 69.5 Å². The van der Waals surface area contributed by atoms with Crippen LogP contribution >= 0.6 is 0 Å². The summed E-state index contributed by atoms with van der Waals surface area (Å²) in [6.07, 6.45) is 1.80.